The van der Waals surface area contributed by atoms with Gasteiger partial charge in [-0.2, -0.15) is 0 Å². The Morgan fingerprint density at radius 3 is 2.50 bits per heavy atom. The molecule has 0 spiro atoms. The molecule has 96 valence electrons. The first-order chi connectivity index (χ1) is 8.68. The summed E-state index contributed by atoms with van der Waals surface area (Å²) in [5.41, 5.74) is 0.941. The van der Waals surface area contributed by atoms with Gasteiger partial charge < -0.3 is 9.52 Å². The number of furan rings is 1. The maximum absolute atomic E-state index is 10.3. The summed E-state index contributed by atoms with van der Waals surface area (Å²) < 4.78 is 5.32. The van der Waals surface area contributed by atoms with Gasteiger partial charge in [0.1, 0.15) is 5.76 Å². The molecule has 1 heterocycles. The van der Waals surface area contributed by atoms with Crippen molar-refractivity contribution in [3.8, 4) is 0 Å². The third-order valence-corrected chi connectivity index (χ3v) is 3.28. The molecule has 0 unspecified atom stereocenters. The fraction of sp³-hybridized carbons (Fsp3) is 0.333. The lowest BCUT2D eigenvalue weighted by molar-refractivity contribution is 0.0654. The molecule has 0 aliphatic rings. The molecule has 0 aliphatic heterocycles. The van der Waals surface area contributed by atoms with Crippen LogP contribution in [0.1, 0.15) is 24.4 Å². The van der Waals surface area contributed by atoms with E-state index in [-0.39, 0.29) is 6.04 Å². The van der Waals surface area contributed by atoms with Crippen LogP contribution in [0, 0.1) is 0 Å². The number of nitrogens with zero attached hydrogens (tertiary/aromatic N) is 1. The standard InChI is InChI=1S/C15H19NO2/c1-12(15(17)13-7-4-3-5-8-13)16(2)11-14-9-6-10-18-14/h3-10,12,15,17H,11H2,1-2H3/t12-,15+/m0/s1. The van der Waals surface area contributed by atoms with E-state index in [0.717, 1.165) is 11.3 Å². The Morgan fingerprint density at radius 2 is 1.89 bits per heavy atom. The van der Waals surface area contributed by atoms with Gasteiger partial charge in [-0.3, -0.25) is 4.90 Å². The van der Waals surface area contributed by atoms with E-state index < -0.39 is 6.10 Å². The number of aliphatic hydroxyl groups excluding tert-OH is 1. The van der Waals surface area contributed by atoms with E-state index >= 15 is 0 Å². The van der Waals surface area contributed by atoms with Crippen LogP contribution in [-0.2, 0) is 6.54 Å². The number of aliphatic hydroxyl groups is 1. The van der Waals surface area contributed by atoms with Crippen molar-refractivity contribution >= 4 is 0 Å². The highest BCUT2D eigenvalue weighted by atomic mass is 16.3. The highest BCUT2D eigenvalue weighted by Crippen LogP contribution is 2.21. The third kappa shape index (κ3) is 3.00. The van der Waals surface area contributed by atoms with Crippen molar-refractivity contribution in [2.45, 2.75) is 25.6 Å². The average molecular weight is 245 g/mol. The van der Waals surface area contributed by atoms with Gasteiger partial charge in [-0.1, -0.05) is 30.3 Å². The van der Waals surface area contributed by atoms with Gasteiger partial charge in [-0.25, -0.2) is 0 Å². The summed E-state index contributed by atoms with van der Waals surface area (Å²) in [4.78, 5) is 2.08. The quantitative estimate of drug-likeness (QED) is 0.880. The summed E-state index contributed by atoms with van der Waals surface area (Å²) in [6, 6.07) is 13.6. The summed E-state index contributed by atoms with van der Waals surface area (Å²) in [6.45, 7) is 2.71. The summed E-state index contributed by atoms with van der Waals surface area (Å²) in [5, 5.41) is 10.3. The van der Waals surface area contributed by atoms with Gasteiger partial charge in [0.05, 0.1) is 18.9 Å². The van der Waals surface area contributed by atoms with Crippen LogP contribution in [0.3, 0.4) is 0 Å². The van der Waals surface area contributed by atoms with E-state index in [9.17, 15) is 5.11 Å². The van der Waals surface area contributed by atoms with Crippen LogP contribution < -0.4 is 0 Å². The van der Waals surface area contributed by atoms with Crippen LogP contribution in [0.5, 0.6) is 0 Å². The van der Waals surface area contributed by atoms with Crippen molar-refractivity contribution in [2.24, 2.45) is 0 Å². The van der Waals surface area contributed by atoms with Crippen LogP contribution in [0.15, 0.2) is 53.1 Å². The van der Waals surface area contributed by atoms with Gasteiger partial charge in [0, 0.05) is 6.04 Å². The summed E-state index contributed by atoms with van der Waals surface area (Å²) in [6.07, 6.45) is 1.17. The molecular formula is C15H19NO2. The van der Waals surface area contributed by atoms with Crippen LogP contribution in [0.4, 0.5) is 0 Å². The van der Waals surface area contributed by atoms with Gasteiger partial charge in [-0.05, 0) is 31.7 Å². The molecule has 2 atom stereocenters. The summed E-state index contributed by atoms with van der Waals surface area (Å²) >= 11 is 0. The number of hydrogen-bond donors (Lipinski definition) is 1. The Hall–Kier alpha value is -1.58. The molecule has 2 rings (SSSR count). The van der Waals surface area contributed by atoms with Gasteiger partial charge >= 0.3 is 0 Å². The van der Waals surface area contributed by atoms with E-state index in [1.165, 1.54) is 0 Å². The highest BCUT2D eigenvalue weighted by Gasteiger charge is 2.20. The summed E-state index contributed by atoms with van der Waals surface area (Å²) in [5.74, 6) is 0.907. The molecule has 0 bridgehead atoms. The van der Waals surface area contributed by atoms with E-state index in [1.807, 2.05) is 56.4 Å². The Bertz CT molecular complexity index is 453. The molecule has 0 amide bonds. The van der Waals surface area contributed by atoms with Crippen molar-refractivity contribution < 1.29 is 9.52 Å². The monoisotopic (exact) mass is 245 g/mol. The van der Waals surface area contributed by atoms with Crippen LogP contribution >= 0.6 is 0 Å². The van der Waals surface area contributed by atoms with Crippen molar-refractivity contribution in [1.82, 2.24) is 4.90 Å². The van der Waals surface area contributed by atoms with E-state index in [2.05, 4.69) is 4.90 Å². The Balaban J connectivity index is 2.00. The summed E-state index contributed by atoms with van der Waals surface area (Å²) in [7, 11) is 1.99. The van der Waals surface area contributed by atoms with E-state index in [4.69, 9.17) is 4.42 Å². The SMILES string of the molecule is C[C@@H]([C@@H](O)c1ccccc1)N(C)Cc1ccco1. The van der Waals surface area contributed by atoms with Crippen molar-refractivity contribution in [3.63, 3.8) is 0 Å². The number of hydrogen-bond acceptors (Lipinski definition) is 3. The van der Waals surface area contributed by atoms with Crippen molar-refractivity contribution in [2.75, 3.05) is 7.05 Å². The molecule has 1 aromatic carbocycles. The minimum absolute atomic E-state index is 0.0255. The minimum Gasteiger partial charge on any atom is -0.468 e. The Kier molecular flexibility index (Phi) is 4.18. The molecule has 0 saturated carbocycles. The maximum Gasteiger partial charge on any atom is 0.117 e. The van der Waals surface area contributed by atoms with E-state index in [1.54, 1.807) is 6.26 Å². The van der Waals surface area contributed by atoms with Gasteiger partial charge in [0.2, 0.25) is 0 Å². The fourth-order valence-corrected chi connectivity index (χ4v) is 1.96. The molecule has 3 heteroatoms. The molecule has 2 aromatic rings. The third-order valence-electron chi connectivity index (χ3n) is 3.28. The first kappa shape index (κ1) is 12.9. The second-order valence-electron chi connectivity index (χ2n) is 4.59. The molecule has 0 aliphatic carbocycles. The zero-order valence-electron chi connectivity index (χ0n) is 10.8. The average Bonchev–Trinajstić information content (AvgIpc) is 2.91. The largest absolute Gasteiger partial charge is 0.468 e. The van der Waals surface area contributed by atoms with E-state index in [0.29, 0.717) is 6.54 Å². The lowest BCUT2D eigenvalue weighted by atomic mass is 10.0. The Labute approximate surface area is 108 Å². The Morgan fingerprint density at radius 1 is 1.17 bits per heavy atom. The second-order valence-corrected chi connectivity index (χ2v) is 4.59. The number of benzene rings is 1. The first-order valence-electron chi connectivity index (χ1n) is 6.14. The van der Waals surface area contributed by atoms with Gasteiger partial charge in [0.15, 0.2) is 0 Å². The zero-order chi connectivity index (χ0) is 13.0. The molecule has 1 N–H and O–H groups in total. The molecule has 0 fully saturated rings. The highest BCUT2D eigenvalue weighted by molar-refractivity contribution is 5.18. The normalized spacial score (nSPS) is 14.7. The smallest absolute Gasteiger partial charge is 0.117 e. The molecule has 0 radical (unpaired) electrons. The lowest BCUT2D eigenvalue weighted by Gasteiger charge is -2.28. The molecule has 18 heavy (non-hydrogen) atoms. The predicted octanol–water partition coefficient (Wildman–Crippen LogP) is 2.83. The van der Waals surface area contributed by atoms with Crippen molar-refractivity contribution in [1.29, 1.82) is 0 Å². The molecular weight excluding hydrogens is 226 g/mol. The minimum atomic E-state index is -0.494. The van der Waals surface area contributed by atoms with Gasteiger partial charge in [-0.15, -0.1) is 0 Å². The molecule has 3 nitrogen and oxygen atoms in total. The second kappa shape index (κ2) is 5.85. The lowest BCUT2D eigenvalue weighted by Crippen LogP contribution is -2.33. The first-order valence-corrected chi connectivity index (χ1v) is 6.14. The van der Waals surface area contributed by atoms with Crippen LogP contribution in [-0.4, -0.2) is 23.1 Å². The fourth-order valence-electron chi connectivity index (χ4n) is 1.96. The van der Waals surface area contributed by atoms with Gasteiger partial charge in [0.25, 0.3) is 0 Å². The maximum atomic E-state index is 10.3. The van der Waals surface area contributed by atoms with Crippen molar-refractivity contribution in [3.05, 3.63) is 60.1 Å². The predicted molar refractivity (Wildman–Crippen MR) is 71.0 cm³/mol. The van der Waals surface area contributed by atoms with Crippen LogP contribution in [0.25, 0.3) is 0 Å². The molecule has 1 aromatic heterocycles. The van der Waals surface area contributed by atoms with Crippen LogP contribution in [0.2, 0.25) is 0 Å². The topological polar surface area (TPSA) is 36.6 Å². The number of rotatable bonds is 5. The number of likely N-dealkylation sites (N-methyl/N-ethyl adjacent to an activating group) is 1. The zero-order valence-corrected chi connectivity index (χ0v) is 10.8. The molecule has 0 saturated heterocycles.